The molecule has 146 valence electrons. The van der Waals surface area contributed by atoms with Gasteiger partial charge in [0.2, 0.25) is 0 Å². The number of hydrogen-bond donors (Lipinski definition) is 2. The molecule has 1 aliphatic rings. The minimum absolute atomic E-state index is 0.0168. The van der Waals surface area contributed by atoms with Crippen LogP contribution in [0.5, 0.6) is 0 Å². The van der Waals surface area contributed by atoms with E-state index >= 15 is 0 Å². The lowest BCUT2D eigenvalue weighted by atomic mass is 9.84. The second-order valence-corrected chi connectivity index (χ2v) is 13.3. The third-order valence-corrected chi connectivity index (χ3v) is 11.0. The molecule has 1 fully saturated rings. The van der Waals surface area contributed by atoms with Gasteiger partial charge in [-0.05, 0) is 40.6 Å². The van der Waals surface area contributed by atoms with E-state index < -0.39 is 8.32 Å². The first-order valence-corrected chi connectivity index (χ1v) is 12.0. The van der Waals surface area contributed by atoms with E-state index in [4.69, 9.17) is 15.9 Å². The fourth-order valence-corrected chi connectivity index (χ4v) is 9.12. The van der Waals surface area contributed by atoms with Crippen LogP contribution in [0.3, 0.4) is 0 Å². The van der Waals surface area contributed by atoms with Crippen LogP contribution in [0.1, 0.15) is 40.0 Å². The molecule has 0 aliphatic heterocycles. The smallest absolute Gasteiger partial charge is 0.261 e. The van der Waals surface area contributed by atoms with Crippen LogP contribution in [0.25, 0.3) is 0 Å². The van der Waals surface area contributed by atoms with Crippen LogP contribution >= 0.6 is 0 Å². The third kappa shape index (κ3) is 4.19. The van der Waals surface area contributed by atoms with Crippen molar-refractivity contribution in [2.45, 2.75) is 57.2 Å². The second kappa shape index (κ2) is 8.27. The lowest BCUT2D eigenvalue weighted by Gasteiger charge is -2.44. The summed E-state index contributed by atoms with van der Waals surface area (Å²) >= 11 is 0. The monoisotopic (exact) mass is 382 g/mol. The van der Waals surface area contributed by atoms with Gasteiger partial charge in [0.25, 0.3) is 8.32 Å². The van der Waals surface area contributed by atoms with Crippen LogP contribution in [0.2, 0.25) is 5.04 Å². The van der Waals surface area contributed by atoms with Crippen LogP contribution in [0, 0.1) is 5.92 Å². The molecule has 3 rings (SSSR count). The van der Waals surface area contributed by atoms with Gasteiger partial charge in [-0.15, -0.1) is 0 Å². The summed E-state index contributed by atoms with van der Waals surface area (Å²) in [5.74, 6) is 0.487. The highest BCUT2D eigenvalue weighted by Gasteiger charge is 2.50. The van der Waals surface area contributed by atoms with Gasteiger partial charge in [0.15, 0.2) is 0 Å². The maximum Gasteiger partial charge on any atom is 0.261 e. The molecule has 1 unspecified atom stereocenters. The zero-order valence-corrected chi connectivity index (χ0v) is 17.9. The van der Waals surface area contributed by atoms with Crippen molar-refractivity contribution in [3.05, 3.63) is 60.7 Å². The van der Waals surface area contributed by atoms with Crippen molar-refractivity contribution >= 4 is 18.7 Å². The first-order valence-electron chi connectivity index (χ1n) is 10.1. The fourth-order valence-electron chi connectivity index (χ4n) is 4.48. The van der Waals surface area contributed by atoms with Gasteiger partial charge in [0.05, 0.1) is 0 Å². The standard InChI is InChI=1S/C23H34N2OSi/c1-23(2,3)27(19-10-6-4-7-11-19,20-12-8-5-9-13-20)26-17-18-14-15-21(24)22(25)16-18/h4-13,18,21-22H,14-17,24-25H2,1-3H3/t18?,21-,22+/m1/s1. The lowest BCUT2D eigenvalue weighted by Crippen LogP contribution is -2.67. The van der Waals surface area contributed by atoms with Gasteiger partial charge in [-0.3, -0.25) is 0 Å². The number of rotatable bonds is 5. The molecule has 27 heavy (non-hydrogen) atoms. The van der Waals surface area contributed by atoms with Gasteiger partial charge in [0.1, 0.15) is 0 Å². The topological polar surface area (TPSA) is 61.3 Å². The van der Waals surface area contributed by atoms with Gasteiger partial charge in [-0.25, -0.2) is 0 Å². The van der Waals surface area contributed by atoms with Gasteiger partial charge >= 0.3 is 0 Å². The summed E-state index contributed by atoms with van der Waals surface area (Å²) in [5, 5.41) is 2.68. The molecule has 0 heterocycles. The molecule has 0 bridgehead atoms. The Hall–Kier alpha value is -1.46. The summed E-state index contributed by atoms with van der Waals surface area (Å²) in [7, 11) is -2.44. The van der Waals surface area contributed by atoms with E-state index in [0.29, 0.717) is 5.92 Å². The first kappa shape index (κ1) is 20.3. The molecular formula is C23H34N2OSi. The molecule has 0 amide bonds. The van der Waals surface area contributed by atoms with Crippen LogP contribution in [0.15, 0.2) is 60.7 Å². The Morgan fingerprint density at radius 2 is 1.37 bits per heavy atom. The zero-order valence-electron chi connectivity index (χ0n) is 16.9. The summed E-state index contributed by atoms with van der Waals surface area (Å²) in [4.78, 5) is 0. The van der Waals surface area contributed by atoms with Gasteiger partial charge < -0.3 is 15.9 Å². The van der Waals surface area contributed by atoms with Gasteiger partial charge in [-0.1, -0.05) is 81.4 Å². The Kier molecular flexibility index (Phi) is 6.21. The van der Waals surface area contributed by atoms with Crippen molar-refractivity contribution in [2.24, 2.45) is 17.4 Å². The maximum atomic E-state index is 7.03. The summed E-state index contributed by atoms with van der Waals surface area (Å²) in [6.07, 6.45) is 3.06. The van der Waals surface area contributed by atoms with Crippen LogP contribution in [-0.2, 0) is 4.43 Å². The van der Waals surface area contributed by atoms with Crippen LogP contribution < -0.4 is 21.8 Å². The minimum atomic E-state index is -2.44. The Balaban J connectivity index is 1.97. The van der Waals surface area contributed by atoms with E-state index in [9.17, 15) is 0 Å². The average molecular weight is 383 g/mol. The van der Waals surface area contributed by atoms with Crippen LogP contribution in [-0.4, -0.2) is 27.0 Å². The van der Waals surface area contributed by atoms with Crippen molar-refractivity contribution < 1.29 is 4.43 Å². The highest BCUT2D eigenvalue weighted by Crippen LogP contribution is 2.37. The van der Waals surface area contributed by atoms with E-state index in [2.05, 4.69) is 81.4 Å². The SMILES string of the molecule is CC(C)(C)[Si](OCC1CC[C@@H](N)[C@@H](N)C1)(c1ccccc1)c1ccccc1. The molecule has 4 heteroatoms. The molecule has 0 saturated heterocycles. The predicted octanol–water partition coefficient (Wildman–Crippen LogP) is 3.02. The van der Waals surface area contributed by atoms with Crippen molar-refractivity contribution in [1.29, 1.82) is 0 Å². The maximum absolute atomic E-state index is 7.03. The van der Waals surface area contributed by atoms with E-state index in [1.54, 1.807) is 0 Å². The van der Waals surface area contributed by atoms with Crippen molar-refractivity contribution in [3.63, 3.8) is 0 Å². The molecule has 1 aliphatic carbocycles. The molecule has 0 aromatic heterocycles. The van der Waals surface area contributed by atoms with Crippen LogP contribution in [0.4, 0.5) is 0 Å². The molecule has 2 aromatic carbocycles. The number of benzene rings is 2. The average Bonchev–Trinajstić information content (AvgIpc) is 2.66. The highest BCUT2D eigenvalue weighted by atomic mass is 28.4. The van der Waals surface area contributed by atoms with E-state index in [1.165, 1.54) is 10.4 Å². The minimum Gasteiger partial charge on any atom is -0.407 e. The van der Waals surface area contributed by atoms with E-state index in [-0.39, 0.29) is 17.1 Å². The second-order valence-electron chi connectivity index (χ2n) is 8.98. The Morgan fingerprint density at radius 3 is 1.81 bits per heavy atom. The largest absolute Gasteiger partial charge is 0.407 e. The molecule has 1 saturated carbocycles. The van der Waals surface area contributed by atoms with Gasteiger partial charge in [0, 0.05) is 18.7 Å². The van der Waals surface area contributed by atoms with E-state index in [0.717, 1.165) is 25.9 Å². The Bertz CT molecular complexity index is 675. The normalized spacial score (nSPS) is 24.0. The Labute approximate surface area is 165 Å². The molecule has 3 nitrogen and oxygen atoms in total. The summed E-state index contributed by atoms with van der Waals surface area (Å²) in [5.41, 5.74) is 12.4. The van der Waals surface area contributed by atoms with Gasteiger partial charge in [-0.2, -0.15) is 0 Å². The molecule has 0 spiro atoms. The molecule has 2 aromatic rings. The fraction of sp³-hybridized carbons (Fsp3) is 0.478. The summed E-state index contributed by atoms with van der Waals surface area (Å²) < 4.78 is 7.03. The molecular weight excluding hydrogens is 348 g/mol. The zero-order chi connectivity index (χ0) is 19.5. The molecule has 0 radical (unpaired) electrons. The summed E-state index contributed by atoms with van der Waals surface area (Å²) in [6, 6.07) is 21.9. The first-order chi connectivity index (χ1) is 12.8. The van der Waals surface area contributed by atoms with Crippen molar-refractivity contribution in [3.8, 4) is 0 Å². The van der Waals surface area contributed by atoms with Crippen molar-refractivity contribution in [1.82, 2.24) is 0 Å². The Morgan fingerprint density at radius 1 is 0.852 bits per heavy atom. The molecule has 4 N–H and O–H groups in total. The highest BCUT2D eigenvalue weighted by molar-refractivity contribution is 6.99. The third-order valence-electron chi connectivity index (χ3n) is 6.02. The molecule has 3 atom stereocenters. The van der Waals surface area contributed by atoms with Crippen molar-refractivity contribution in [2.75, 3.05) is 6.61 Å². The number of hydrogen-bond acceptors (Lipinski definition) is 3. The number of nitrogens with two attached hydrogens (primary N) is 2. The summed E-state index contributed by atoms with van der Waals surface area (Å²) in [6.45, 7) is 7.72. The van der Waals surface area contributed by atoms with E-state index in [1.807, 2.05) is 0 Å². The lowest BCUT2D eigenvalue weighted by molar-refractivity contribution is 0.179. The quantitative estimate of drug-likeness (QED) is 0.782. The predicted molar refractivity (Wildman–Crippen MR) is 117 cm³/mol.